The predicted molar refractivity (Wildman–Crippen MR) is 71.4 cm³/mol. The fourth-order valence-electron chi connectivity index (χ4n) is 1.46. The Morgan fingerprint density at radius 1 is 1.59 bits per heavy atom. The Hall–Kier alpha value is -0.910. The van der Waals surface area contributed by atoms with Crippen molar-refractivity contribution in [2.45, 2.75) is 19.8 Å². The van der Waals surface area contributed by atoms with Crippen molar-refractivity contribution in [3.63, 3.8) is 0 Å². The standard InChI is InChI=1S/C11H10ClNO2S2/c1-2-3-7-9(11(14)15)17-10(13-7)8-4-6(12)5-16-8/h4-5H,2-3H2,1H3,(H,14,15). The van der Waals surface area contributed by atoms with E-state index in [0.29, 0.717) is 22.0 Å². The lowest BCUT2D eigenvalue weighted by Gasteiger charge is -1.93. The smallest absolute Gasteiger partial charge is 0.347 e. The van der Waals surface area contributed by atoms with Gasteiger partial charge in [0.1, 0.15) is 9.88 Å². The monoisotopic (exact) mass is 287 g/mol. The van der Waals surface area contributed by atoms with Gasteiger partial charge in [0.25, 0.3) is 0 Å². The minimum Gasteiger partial charge on any atom is -0.477 e. The summed E-state index contributed by atoms with van der Waals surface area (Å²) in [6.07, 6.45) is 1.58. The average Bonchev–Trinajstić information content (AvgIpc) is 2.85. The van der Waals surface area contributed by atoms with Crippen LogP contribution in [-0.2, 0) is 6.42 Å². The van der Waals surface area contributed by atoms with Crippen LogP contribution in [0.5, 0.6) is 0 Å². The molecule has 0 unspecified atom stereocenters. The molecule has 2 aromatic heterocycles. The van der Waals surface area contributed by atoms with Crippen LogP contribution >= 0.6 is 34.3 Å². The van der Waals surface area contributed by atoms with Gasteiger partial charge in [0.2, 0.25) is 0 Å². The zero-order valence-electron chi connectivity index (χ0n) is 9.07. The number of carboxylic acid groups (broad SMARTS) is 1. The van der Waals surface area contributed by atoms with Gasteiger partial charge in [-0.05, 0) is 12.5 Å². The first kappa shape index (κ1) is 12.5. The fraction of sp³-hybridized carbons (Fsp3) is 0.273. The summed E-state index contributed by atoms with van der Waals surface area (Å²) in [6.45, 7) is 2.01. The number of hydrogen-bond acceptors (Lipinski definition) is 4. The van der Waals surface area contributed by atoms with Crippen LogP contribution in [0.1, 0.15) is 28.7 Å². The van der Waals surface area contributed by atoms with Crippen molar-refractivity contribution < 1.29 is 9.90 Å². The summed E-state index contributed by atoms with van der Waals surface area (Å²) < 4.78 is 0. The van der Waals surface area contributed by atoms with Gasteiger partial charge in [-0.1, -0.05) is 24.9 Å². The molecule has 3 nitrogen and oxygen atoms in total. The Labute approximate surface area is 112 Å². The molecule has 0 saturated carbocycles. The van der Waals surface area contributed by atoms with Crippen LogP contribution in [0.4, 0.5) is 0 Å². The van der Waals surface area contributed by atoms with E-state index >= 15 is 0 Å². The highest BCUT2D eigenvalue weighted by Gasteiger charge is 2.18. The summed E-state index contributed by atoms with van der Waals surface area (Å²) >= 11 is 8.54. The van der Waals surface area contributed by atoms with Crippen molar-refractivity contribution in [1.82, 2.24) is 4.98 Å². The third-order valence-corrected chi connectivity index (χ3v) is 4.69. The second-order valence-corrected chi connectivity index (χ2v) is 5.83. The van der Waals surface area contributed by atoms with Gasteiger partial charge in [-0.15, -0.1) is 22.7 Å². The number of hydrogen-bond donors (Lipinski definition) is 1. The van der Waals surface area contributed by atoms with E-state index in [1.54, 1.807) is 0 Å². The number of halogens is 1. The van der Waals surface area contributed by atoms with E-state index in [2.05, 4.69) is 4.98 Å². The number of thiophene rings is 1. The van der Waals surface area contributed by atoms with E-state index in [1.165, 1.54) is 22.7 Å². The molecular formula is C11H10ClNO2S2. The lowest BCUT2D eigenvalue weighted by Crippen LogP contribution is -1.98. The molecule has 2 heterocycles. The third-order valence-electron chi connectivity index (χ3n) is 2.16. The van der Waals surface area contributed by atoms with Crippen LogP contribution in [0.2, 0.25) is 5.02 Å². The Kier molecular flexibility index (Phi) is 3.81. The van der Waals surface area contributed by atoms with Crippen LogP contribution in [0.25, 0.3) is 9.88 Å². The molecule has 0 saturated heterocycles. The Bertz CT molecular complexity index is 547. The topological polar surface area (TPSA) is 50.2 Å². The minimum absolute atomic E-state index is 0.339. The summed E-state index contributed by atoms with van der Waals surface area (Å²) in [4.78, 5) is 16.7. The third kappa shape index (κ3) is 2.68. The number of aromatic nitrogens is 1. The van der Waals surface area contributed by atoms with Crippen molar-refractivity contribution >= 4 is 40.2 Å². The van der Waals surface area contributed by atoms with Crippen LogP contribution < -0.4 is 0 Å². The minimum atomic E-state index is -0.903. The predicted octanol–water partition coefficient (Wildman–Crippen LogP) is 4.18. The zero-order chi connectivity index (χ0) is 12.4. The summed E-state index contributed by atoms with van der Waals surface area (Å²) in [7, 11) is 0. The normalized spacial score (nSPS) is 10.7. The van der Waals surface area contributed by atoms with E-state index in [-0.39, 0.29) is 0 Å². The van der Waals surface area contributed by atoms with E-state index in [4.69, 9.17) is 16.7 Å². The first-order valence-corrected chi connectivity index (χ1v) is 7.16. The van der Waals surface area contributed by atoms with Gasteiger partial charge >= 0.3 is 5.97 Å². The Balaban J connectivity index is 2.43. The fourth-order valence-corrected chi connectivity index (χ4v) is 3.54. The number of rotatable bonds is 4. The van der Waals surface area contributed by atoms with E-state index in [1.807, 2.05) is 18.4 Å². The second-order valence-electron chi connectivity index (χ2n) is 3.48. The molecule has 0 aromatic carbocycles. The molecule has 0 amide bonds. The van der Waals surface area contributed by atoms with Gasteiger partial charge in [0.05, 0.1) is 15.6 Å². The maximum Gasteiger partial charge on any atom is 0.347 e. The lowest BCUT2D eigenvalue weighted by atomic mass is 10.2. The molecule has 17 heavy (non-hydrogen) atoms. The summed E-state index contributed by atoms with van der Waals surface area (Å²) in [5.41, 5.74) is 0.671. The first-order chi connectivity index (χ1) is 8.11. The van der Waals surface area contributed by atoms with Crippen molar-refractivity contribution in [2.24, 2.45) is 0 Å². The lowest BCUT2D eigenvalue weighted by molar-refractivity contribution is 0.0700. The second kappa shape index (κ2) is 5.16. The number of aryl methyl sites for hydroxylation is 1. The first-order valence-electron chi connectivity index (χ1n) is 5.09. The van der Waals surface area contributed by atoms with Crippen molar-refractivity contribution in [2.75, 3.05) is 0 Å². The maximum atomic E-state index is 11.1. The van der Waals surface area contributed by atoms with Gasteiger partial charge in [0, 0.05) is 5.38 Å². The molecule has 1 N–H and O–H groups in total. The highest BCUT2D eigenvalue weighted by atomic mass is 35.5. The van der Waals surface area contributed by atoms with E-state index in [0.717, 1.165) is 16.3 Å². The molecule has 0 aliphatic heterocycles. The van der Waals surface area contributed by atoms with Gasteiger partial charge in [0.15, 0.2) is 0 Å². The molecule has 0 spiro atoms. The quantitative estimate of drug-likeness (QED) is 0.918. The van der Waals surface area contributed by atoms with Crippen LogP contribution in [0.15, 0.2) is 11.4 Å². The molecule has 0 aliphatic carbocycles. The van der Waals surface area contributed by atoms with Gasteiger partial charge in [-0.2, -0.15) is 0 Å². The maximum absolute atomic E-state index is 11.1. The molecule has 0 radical (unpaired) electrons. The molecular weight excluding hydrogens is 278 g/mol. The van der Waals surface area contributed by atoms with Crippen LogP contribution in [-0.4, -0.2) is 16.1 Å². The molecule has 2 aromatic rings. The summed E-state index contributed by atoms with van der Waals surface area (Å²) in [6, 6.07) is 1.81. The molecule has 90 valence electrons. The number of aromatic carboxylic acids is 1. The summed E-state index contributed by atoms with van der Waals surface area (Å²) in [5.74, 6) is -0.903. The van der Waals surface area contributed by atoms with E-state index < -0.39 is 5.97 Å². The van der Waals surface area contributed by atoms with E-state index in [9.17, 15) is 4.79 Å². The van der Waals surface area contributed by atoms with Gasteiger partial charge in [-0.3, -0.25) is 0 Å². The number of nitrogens with zero attached hydrogens (tertiary/aromatic N) is 1. The van der Waals surface area contributed by atoms with Crippen molar-refractivity contribution in [3.05, 3.63) is 27.0 Å². The number of carboxylic acids is 1. The van der Waals surface area contributed by atoms with Crippen LogP contribution in [0.3, 0.4) is 0 Å². The highest BCUT2D eigenvalue weighted by molar-refractivity contribution is 7.22. The molecule has 0 bridgehead atoms. The molecule has 2 rings (SSSR count). The molecule has 0 aliphatic rings. The van der Waals surface area contributed by atoms with Crippen LogP contribution in [0, 0.1) is 0 Å². The zero-order valence-corrected chi connectivity index (χ0v) is 11.5. The van der Waals surface area contributed by atoms with Crippen molar-refractivity contribution in [1.29, 1.82) is 0 Å². The largest absolute Gasteiger partial charge is 0.477 e. The molecule has 0 atom stereocenters. The highest BCUT2D eigenvalue weighted by Crippen LogP contribution is 2.34. The average molecular weight is 288 g/mol. The molecule has 6 heteroatoms. The van der Waals surface area contributed by atoms with Gasteiger partial charge < -0.3 is 5.11 Å². The van der Waals surface area contributed by atoms with Gasteiger partial charge in [-0.25, -0.2) is 9.78 Å². The Morgan fingerprint density at radius 2 is 2.35 bits per heavy atom. The molecule has 0 fully saturated rings. The summed E-state index contributed by atoms with van der Waals surface area (Å²) in [5, 5.41) is 12.3. The van der Waals surface area contributed by atoms with Crippen molar-refractivity contribution in [3.8, 4) is 9.88 Å². The number of carbonyl (C=O) groups is 1. The Morgan fingerprint density at radius 3 is 2.88 bits per heavy atom. The number of thiazole rings is 1. The SMILES string of the molecule is CCCc1nc(-c2cc(Cl)cs2)sc1C(=O)O.